The number of nitrogens with zero attached hydrogens (tertiary/aromatic N) is 2. The van der Waals surface area contributed by atoms with Crippen molar-refractivity contribution in [2.75, 3.05) is 14.2 Å². The Morgan fingerprint density at radius 2 is 1.88 bits per heavy atom. The number of carbonyl (C=O) groups is 1. The van der Waals surface area contributed by atoms with Crippen LogP contribution >= 0.6 is 11.6 Å². The van der Waals surface area contributed by atoms with E-state index in [1.165, 1.54) is 44.7 Å². The molecular weight excluding hydrogens is 350 g/mol. The van der Waals surface area contributed by atoms with Crippen molar-refractivity contribution in [3.05, 3.63) is 62.7 Å². The molecule has 0 atom stereocenters. The van der Waals surface area contributed by atoms with Gasteiger partial charge in [-0.25, -0.2) is 5.43 Å². The number of carbonyl (C=O) groups excluding carboxylic acids is 1. The highest BCUT2D eigenvalue weighted by molar-refractivity contribution is 6.33. The summed E-state index contributed by atoms with van der Waals surface area (Å²) in [5.74, 6) is 0.187. The average molecular weight is 364 g/mol. The van der Waals surface area contributed by atoms with Crippen LogP contribution in [0.3, 0.4) is 0 Å². The van der Waals surface area contributed by atoms with E-state index in [9.17, 15) is 14.9 Å². The number of ether oxygens (including phenoxy) is 2. The molecule has 25 heavy (non-hydrogen) atoms. The lowest BCUT2D eigenvalue weighted by Crippen LogP contribution is -2.19. The van der Waals surface area contributed by atoms with Gasteiger partial charge in [-0.15, -0.1) is 0 Å². The summed E-state index contributed by atoms with van der Waals surface area (Å²) in [6.07, 6.45) is 1.30. The van der Waals surface area contributed by atoms with Crippen LogP contribution in [0.2, 0.25) is 5.02 Å². The van der Waals surface area contributed by atoms with Crippen LogP contribution in [0, 0.1) is 10.1 Å². The zero-order valence-electron chi connectivity index (χ0n) is 13.4. The van der Waals surface area contributed by atoms with Gasteiger partial charge < -0.3 is 9.47 Å². The fraction of sp³-hybridized carbons (Fsp3) is 0.125. The molecule has 1 amide bonds. The van der Waals surface area contributed by atoms with Gasteiger partial charge in [0.2, 0.25) is 0 Å². The number of nitro groups is 1. The maximum absolute atomic E-state index is 12.1. The Morgan fingerprint density at radius 3 is 2.52 bits per heavy atom. The van der Waals surface area contributed by atoms with Crippen LogP contribution in [0.5, 0.6) is 11.5 Å². The van der Waals surface area contributed by atoms with Crippen molar-refractivity contribution in [3.63, 3.8) is 0 Å². The van der Waals surface area contributed by atoms with Gasteiger partial charge in [-0.1, -0.05) is 23.7 Å². The number of hydrogen-bond acceptors (Lipinski definition) is 6. The second-order valence-electron chi connectivity index (χ2n) is 4.70. The number of nitro benzene ring substituents is 1. The smallest absolute Gasteiger partial charge is 0.282 e. The topological polar surface area (TPSA) is 103 Å². The van der Waals surface area contributed by atoms with E-state index < -0.39 is 10.8 Å². The number of para-hydroxylation sites is 1. The molecule has 0 aliphatic rings. The number of halogens is 1. The number of hydrogen-bond donors (Lipinski definition) is 1. The van der Waals surface area contributed by atoms with E-state index in [1.54, 1.807) is 12.1 Å². The van der Waals surface area contributed by atoms with Crippen molar-refractivity contribution in [1.29, 1.82) is 0 Å². The second kappa shape index (κ2) is 8.11. The van der Waals surface area contributed by atoms with Crippen molar-refractivity contribution in [1.82, 2.24) is 5.43 Å². The van der Waals surface area contributed by atoms with E-state index in [4.69, 9.17) is 21.1 Å². The second-order valence-corrected chi connectivity index (χ2v) is 5.11. The van der Waals surface area contributed by atoms with Crippen LogP contribution in [-0.2, 0) is 0 Å². The van der Waals surface area contributed by atoms with Gasteiger partial charge in [-0.05, 0) is 12.1 Å². The van der Waals surface area contributed by atoms with Gasteiger partial charge in [0.05, 0.1) is 30.4 Å². The third-order valence-corrected chi connectivity index (χ3v) is 3.55. The molecule has 2 rings (SSSR count). The fourth-order valence-electron chi connectivity index (χ4n) is 2.01. The van der Waals surface area contributed by atoms with Crippen LogP contribution in [-0.4, -0.2) is 31.3 Å². The van der Waals surface area contributed by atoms with Gasteiger partial charge in [0.1, 0.15) is 5.56 Å². The summed E-state index contributed by atoms with van der Waals surface area (Å²) < 4.78 is 10.3. The summed E-state index contributed by atoms with van der Waals surface area (Å²) in [5.41, 5.74) is 2.31. The van der Waals surface area contributed by atoms with Crippen LogP contribution < -0.4 is 14.9 Å². The Morgan fingerprint density at radius 1 is 1.24 bits per heavy atom. The summed E-state index contributed by atoms with van der Waals surface area (Å²) in [5, 5.41) is 15.1. The van der Waals surface area contributed by atoms with Crippen LogP contribution in [0.1, 0.15) is 15.9 Å². The van der Waals surface area contributed by atoms with Crippen molar-refractivity contribution >= 4 is 29.4 Å². The third kappa shape index (κ3) is 4.24. The Balaban J connectivity index is 2.19. The maximum Gasteiger partial charge on any atom is 0.282 e. The highest BCUT2D eigenvalue weighted by Gasteiger charge is 2.18. The number of amides is 1. The molecule has 0 radical (unpaired) electrons. The molecule has 9 heteroatoms. The zero-order valence-corrected chi connectivity index (χ0v) is 14.1. The van der Waals surface area contributed by atoms with Crippen LogP contribution in [0.4, 0.5) is 5.69 Å². The first-order valence-electron chi connectivity index (χ1n) is 6.96. The molecule has 0 unspecified atom stereocenters. The monoisotopic (exact) mass is 363 g/mol. The van der Waals surface area contributed by atoms with Gasteiger partial charge in [0.15, 0.2) is 11.5 Å². The molecule has 8 nitrogen and oxygen atoms in total. The van der Waals surface area contributed by atoms with E-state index in [0.29, 0.717) is 22.1 Å². The first-order valence-corrected chi connectivity index (χ1v) is 7.34. The SMILES string of the molecule is COc1cc(Cl)c(/C=N\NC(=O)c2ccccc2[N+](=O)[O-])cc1OC. The fourth-order valence-corrected chi connectivity index (χ4v) is 2.22. The zero-order chi connectivity index (χ0) is 18.4. The molecule has 0 spiro atoms. The third-order valence-electron chi connectivity index (χ3n) is 3.22. The predicted molar refractivity (Wildman–Crippen MR) is 92.7 cm³/mol. The molecule has 0 bridgehead atoms. The van der Waals surface area contributed by atoms with Crippen molar-refractivity contribution < 1.29 is 19.2 Å². The lowest BCUT2D eigenvalue weighted by Gasteiger charge is -2.09. The minimum atomic E-state index is -0.708. The summed E-state index contributed by atoms with van der Waals surface area (Å²) in [6.45, 7) is 0. The maximum atomic E-state index is 12.1. The van der Waals surface area contributed by atoms with E-state index in [0.717, 1.165) is 0 Å². The Bertz CT molecular complexity index is 839. The van der Waals surface area contributed by atoms with Crippen LogP contribution in [0.25, 0.3) is 0 Å². The molecule has 0 aliphatic heterocycles. The number of benzene rings is 2. The molecule has 1 N–H and O–H groups in total. The minimum absolute atomic E-state index is 0.0944. The van der Waals surface area contributed by atoms with E-state index in [1.807, 2.05) is 0 Å². The largest absolute Gasteiger partial charge is 0.493 e. The molecule has 0 aromatic heterocycles. The Labute approximate surface area is 148 Å². The molecule has 130 valence electrons. The number of rotatable bonds is 6. The van der Waals surface area contributed by atoms with Gasteiger partial charge in [0.25, 0.3) is 11.6 Å². The van der Waals surface area contributed by atoms with Crippen molar-refractivity contribution in [2.45, 2.75) is 0 Å². The Hall–Kier alpha value is -3.13. The summed E-state index contributed by atoms with van der Waals surface area (Å²) >= 11 is 6.11. The highest BCUT2D eigenvalue weighted by Crippen LogP contribution is 2.32. The summed E-state index contributed by atoms with van der Waals surface area (Å²) in [7, 11) is 2.96. The quantitative estimate of drug-likeness (QED) is 0.482. The van der Waals surface area contributed by atoms with Gasteiger partial charge in [-0.2, -0.15) is 5.10 Å². The lowest BCUT2D eigenvalue weighted by molar-refractivity contribution is -0.385. The van der Waals surface area contributed by atoms with E-state index in [-0.39, 0.29) is 11.3 Å². The minimum Gasteiger partial charge on any atom is -0.493 e. The molecule has 0 fully saturated rings. The lowest BCUT2D eigenvalue weighted by atomic mass is 10.2. The average Bonchev–Trinajstić information content (AvgIpc) is 2.62. The van der Waals surface area contributed by atoms with Crippen molar-refractivity contribution in [3.8, 4) is 11.5 Å². The first kappa shape index (κ1) is 18.2. The molecule has 0 saturated heterocycles. The summed E-state index contributed by atoms with van der Waals surface area (Å²) in [6, 6.07) is 8.71. The van der Waals surface area contributed by atoms with Gasteiger partial charge in [-0.3, -0.25) is 14.9 Å². The van der Waals surface area contributed by atoms with E-state index in [2.05, 4.69) is 10.5 Å². The Kier molecular flexibility index (Phi) is 5.91. The number of nitrogens with one attached hydrogen (secondary N) is 1. The standard InChI is InChI=1S/C16H14ClN3O5/c1-24-14-7-10(12(17)8-15(14)25-2)9-18-19-16(21)11-5-3-4-6-13(11)20(22)23/h3-9H,1-2H3,(H,19,21)/b18-9-. The van der Waals surface area contributed by atoms with E-state index >= 15 is 0 Å². The number of methoxy groups -OCH3 is 2. The van der Waals surface area contributed by atoms with Crippen molar-refractivity contribution in [2.24, 2.45) is 5.10 Å². The molecule has 0 heterocycles. The van der Waals surface area contributed by atoms with Crippen LogP contribution in [0.15, 0.2) is 41.5 Å². The van der Waals surface area contributed by atoms with Gasteiger partial charge >= 0.3 is 0 Å². The molecule has 2 aromatic rings. The first-order chi connectivity index (χ1) is 12.0. The normalized spacial score (nSPS) is 10.5. The predicted octanol–water partition coefficient (Wildman–Crippen LogP) is 3.03. The highest BCUT2D eigenvalue weighted by atomic mass is 35.5. The number of hydrazone groups is 1. The molecule has 0 saturated carbocycles. The summed E-state index contributed by atoms with van der Waals surface area (Å²) in [4.78, 5) is 22.4. The molecular formula is C16H14ClN3O5. The molecule has 2 aromatic carbocycles. The van der Waals surface area contributed by atoms with Gasteiger partial charge in [0, 0.05) is 17.7 Å². The molecule has 0 aliphatic carbocycles.